The summed E-state index contributed by atoms with van der Waals surface area (Å²) < 4.78 is 59.3. The fourth-order valence-electron chi connectivity index (χ4n) is 14.5. The summed E-state index contributed by atoms with van der Waals surface area (Å²) in [5.41, 5.74) is 0. The quantitative estimate of drug-likeness (QED) is 0.0304. The van der Waals surface area contributed by atoms with Gasteiger partial charge in [-0.2, -0.15) is 0 Å². The highest BCUT2D eigenvalue weighted by atomic mass is 16.8. The van der Waals surface area contributed by atoms with Crippen LogP contribution in [0.5, 0.6) is 0 Å². The summed E-state index contributed by atoms with van der Waals surface area (Å²) in [6.07, 6.45) is 0.737. The van der Waals surface area contributed by atoms with E-state index in [-0.39, 0.29) is 12.3 Å². The van der Waals surface area contributed by atoms with Crippen LogP contribution < -0.4 is 10.6 Å². The van der Waals surface area contributed by atoms with Crippen molar-refractivity contribution >= 4 is 11.8 Å². The number of ether oxygens (including phenoxy) is 10. The lowest BCUT2D eigenvalue weighted by molar-refractivity contribution is -0.390. The molecule has 105 heavy (non-hydrogen) atoms. The van der Waals surface area contributed by atoms with E-state index in [0.717, 1.165) is 51.9 Å². The molecule has 5 aliphatic rings. The number of rotatable bonds is 55. The number of allylic oxidation sites excluding steroid dienone is 1. The number of carbonyl (C=O) groups is 2. The predicted molar refractivity (Wildman–Crippen MR) is 385 cm³/mol. The standard InChI is InChI=1S/C76H140N2O27/c1-5-7-9-11-13-15-17-19-20-21-22-23-24-25-26-27-28-30-32-34-36-38-40-42-56(85)78-50(51(84)41-39-37-35-33-31-29-18-16-14-12-10-8-6-2)47-96-73-66(94)64(92)68(55(46-82)101-73)102-75-67(95)70(61(89)54(45-81)99-75)104-72-57(77-49(4)83)69(60(88)53(44-80)98-72)103-76-71(63(91)59(87)52(43-79)100-76)105-74-65(93)62(90)58(86)48(3)97-74/h39,41,48,50-55,57-76,79-82,84,86-95H,5-38,40,42-47H2,1-4H3,(H,77,83)(H,78,85)/b41-39+/t48?,50-,51+,52?,53?,54?,55?,57?,58+,59-,60+,61-,62?,63-,64+,65-,66?,67?,68+,69+,70-,71?,72-,73+,74+,75-,76-/m0/s1. The number of unbranched alkanes of at least 4 members (excludes halogenated alkanes) is 33. The minimum absolute atomic E-state index is 0.194. The molecule has 2 amide bonds. The van der Waals surface area contributed by atoms with E-state index in [1.807, 2.05) is 6.08 Å². The molecule has 29 heteroatoms. The van der Waals surface area contributed by atoms with Crippen molar-refractivity contribution in [2.45, 2.75) is 424 Å². The first-order chi connectivity index (χ1) is 50.7. The summed E-state index contributed by atoms with van der Waals surface area (Å²) in [4.78, 5) is 26.6. The van der Waals surface area contributed by atoms with Crippen LogP contribution in [0, 0.1) is 0 Å². The van der Waals surface area contributed by atoms with Crippen molar-refractivity contribution in [3.63, 3.8) is 0 Å². The van der Waals surface area contributed by atoms with Crippen LogP contribution in [0.1, 0.15) is 259 Å². The molecule has 27 atom stereocenters. The Morgan fingerprint density at radius 3 is 1.26 bits per heavy atom. The van der Waals surface area contributed by atoms with Gasteiger partial charge in [0.1, 0.15) is 116 Å². The van der Waals surface area contributed by atoms with Crippen LogP contribution in [0.15, 0.2) is 12.2 Å². The molecule has 29 nitrogen and oxygen atoms in total. The molecule has 0 spiro atoms. The molecule has 0 bridgehead atoms. The molecular formula is C76H140N2O27. The second-order valence-electron chi connectivity index (χ2n) is 29.9. The van der Waals surface area contributed by atoms with E-state index in [1.165, 1.54) is 174 Å². The topological polar surface area (TPSA) is 454 Å². The van der Waals surface area contributed by atoms with Gasteiger partial charge in [-0.25, -0.2) is 0 Å². The third kappa shape index (κ3) is 31.6. The Labute approximate surface area is 623 Å². The Balaban J connectivity index is 1.17. The second-order valence-corrected chi connectivity index (χ2v) is 29.9. The summed E-state index contributed by atoms with van der Waals surface area (Å²) >= 11 is 0. The number of hydrogen-bond donors (Lipinski definition) is 17. The monoisotopic (exact) mass is 1510 g/mol. The first kappa shape index (κ1) is 93.3. The van der Waals surface area contributed by atoms with Gasteiger partial charge >= 0.3 is 0 Å². The molecule has 0 aromatic heterocycles. The number of hydrogen-bond acceptors (Lipinski definition) is 27. The molecule has 5 rings (SSSR count). The van der Waals surface area contributed by atoms with Gasteiger partial charge in [0.2, 0.25) is 11.8 Å². The highest BCUT2D eigenvalue weighted by Gasteiger charge is 2.57. The van der Waals surface area contributed by atoms with E-state index < -0.39 is 205 Å². The van der Waals surface area contributed by atoms with Crippen molar-refractivity contribution in [3.05, 3.63) is 12.2 Å². The van der Waals surface area contributed by atoms with E-state index in [0.29, 0.717) is 12.8 Å². The first-order valence-electron chi connectivity index (χ1n) is 40.3. The van der Waals surface area contributed by atoms with E-state index in [1.54, 1.807) is 6.08 Å². The maximum Gasteiger partial charge on any atom is 0.220 e. The lowest BCUT2D eigenvalue weighted by Gasteiger charge is -2.50. The van der Waals surface area contributed by atoms with Crippen molar-refractivity contribution in [2.24, 2.45) is 0 Å². The fourth-order valence-corrected chi connectivity index (χ4v) is 14.5. The highest BCUT2D eigenvalue weighted by Crippen LogP contribution is 2.37. The highest BCUT2D eigenvalue weighted by molar-refractivity contribution is 5.76. The minimum Gasteiger partial charge on any atom is -0.394 e. The van der Waals surface area contributed by atoms with Crippen molar-refractivity contribution < 1.29 is 134 Å². The molecule has 17 N–H and O–H groups in total. The molecule has 5 fully saturated rings. The van der Waals surface area contributed by atoms with Crippen LogP contribution in [-0.4, -0.2) is 287 Å². The SMILES string of the molecule is CCCCCCCCCCCCC/C=C/[C@@H](O)[C@H](CO[C@@H]1OC(CO)[C@@H](O[C@@H]2OC(CO)[C@H](O)[C@H](O[C@@H]3OC(CO)[C@@H](O)[C@H](O[C@@H]4OC(CO)[C@H](O)[C@H](O)C4O[C@H]4OC(C)[C@@H](O)C(O)[C@@H]4O)C3NC(C)=O)C2O)[C@H](O)C1O)NC(=O)CCCCCCCCCCCCCCCCCCCCCCCCC. The zero-order valence-electron chi connectivity index (χ0n) is 63.3. The van der Waals surface area contributed by atoms with Gasteiger partial charge in [0.15, 0.2) is 31.5 Å². The molecule has 10 unspecified atom stereocenters. The molecule has 0 radical (unpaired) electrons. The fraction of sp³-hybridized carbons (Fsp3) is 0.947. The molecule has 5 aliphatic heterocycles. The molecule has 0 aromatic carbocycles. The van der Waals surface area contributed by atoms with Crippen molar-refractivity contribution in [1.82, 2.24) is 10.6 Å². The molecule has 616 valence electrons. The number of nitrogens with one attached hydrogen (secondary N) is 2. The van der Waals surface area contributed by atoms with Gasteiger partial charge < -0.3 is 135 Å². The second kappa shape index (κ2) is 52.8. The first-order valence-corrected chi connectivity index (χ1v) is 40.3. The summed E-state index contributed by atoms with van der Waals surface area (Å²) in [5, 5.41) is 172. The number of amides is 2. The Bertz CT molecular complexity index is 2270. The van der Waals surface area contributed by atoms with Crippen molar-refractivity contribution in [3.8, 4) is 0 Å². The van der Waals surface area contributed by atoms with Crippen LogP contribution in [0.2, 0.25) is 0 Å². The Hall–Kier alpha value is -2.32. The largest absolute Gasteiger partial charge is 0.394 e. The Morgan fingerprint density at radius 1 is 0.390 bits per heavy atom. The van der Waals surface area contributed by atoms with E-state index in [2.05, 4.69) is 24.5 Å². The predicted octanol–water partition coefficient (Wildman–Crippen LogP) is 3.76. The maximum absolute atomic E-state index is 13.6. The summed E-state index contributed by atoms with van der Waals surface area (Å²) in [6.45, 7) is 2.63. The van der Waals surface area contributed by atoms with Gasteiger partial charge in [-0.15, -0.1) is 0 Å². The van der Waals surface area contributed by atoms with Crippen LogP contribution >= 0.6 is 0 Å². The maximum atomic E-state index is 13.6. The molecule has 0 saturated carbocycles. The Morgan fingerprint density at radius 2 is 0.771 bits per heavy atom. The van der Waals surface area contributed by atoms with Gasteiger partial charge in [-0.1, -0.05) is 231 Å². The van der Waals surface area contributed by atoms with Crippen LogP contribution in [-0.2, 0) is 57.0 Å². The van der Waals surface area contributed by atoms with Crippen molar-refractivity contribution in [2.75, 3.05) is 33.0 Å². The summed E-state index contributed by atoms with van der Waals surface area (Å²) in [6, 6.07) is -2.81. The lowest BCUT2D eigenvalue weighted by atomic mass is 9.94. The zero-order chi connectivity index (χ0) is 76.6. The van der Waals surface area contributed by atoms with Gasteiger partial charge in [0, 0.05) is 13.3 Å². The number of aliphatic hydroxyl groups excluding tert-OH is 15. The zero-order valence-corrected chi connectivity index (χ0v) is 63.3. The Kier molecular flexibility index (Phi) is 46.9. The normalized spacial score (nSPS) is 34.5. The van der Waals surface area contributed by atoms with Gasteiger partial charge in [0.25, 0.3) is 0 Å². The molecule has 0 aromatic rings. The van der Waals surface area contributed by atoms with Gasteiger partial charge in [-0.05, 0) is 26.2 Å². The average Bonchev–Trinajstić information content (AvgIpc) is 0.772. The molecule has 5 saturated heterocycles. The third-order valence-corrected chi connectivity index (χ3v) is 21.2. The van der Waals surface area contributed by atoms with Gasteiger partial charge in [-0.3, -0.25) is 9.59 Å². The van der Waals surface area contributed by atoms with Crippen LogP contribution in [0.25, 0.3) is 0 Å². The van der Waals surface area contributed by atoms with Gasteiger partial charge in [0.05, 0.1) is 51.3 Å². The smallest absolute Gasteiger partial charge is 0.220 e. The van der Waals surface area contributed by atoms with E-state index in [4.69, 9.17) is 47.4 Å². The minimum atomic E-state index is -2.17. The summed E-state index contributed by atoms with van der Waals surface area (Å²) in [5.74, 6) is -1.15. The molecule has 0 aliphatic carbocycles. The number of carbonyl (C=O) groups excluding carboxylic acids is 2. The van der Waals surface area contributed by atoms with Crippen LogP contribution in [0.3, 0.4) is 0 Å². The van der Waals surface area contributed by atoms with Crippen molar-refractivity contribution in [1.29, 1.82) is 0 Å². The van der Waals surface area contributed by atoms with E-state index >= 15 is 0 Å². The van der Waals surface area contributed by atoms with Crippen LogP contribution in [0.4, 0.5) is 0 Å². The molecular weight excluding hydrogens is 1370 g/mol. The average molecular weight is 1510 g/mol. The van der Waals surface area contributed by atoms with E-state index in [9.17, 15) is 86.2 Å². The number of aliphatic hydroxyl groups is 15. The third-order valence-electron chi connectivity index (χ3n) is 21.2. The summed E-state index contributed by atoms with van der Waals surface area (Å²) in [7, 11) is 0. The molecule has 5 heterocycles. The lowest BCUT2D eigenvalue weighted by Crippen LogP contribution is -2.70.